The van der Waals surface area contributed by atoms with Gasteiger partial charge in [0.2, 0.25) is 0 Å². The maximum Gasteiger partial charge on any atom is 0.303 e. The molecule has 1 aliphatic rings. The van der Waals surface area contributed by atoms with Gasteiger partial charge in [-0.15, -0.1) is 0 Å². The van der Waals surface area contributed by atoms with Crippen LogP contribution in [0.4, 0.5) is 4.39 Å². The van der Waals surface area contributed by atoms with Crippen molar-refractivity contribution in [1.29, 1.82) is 0 Å². The smallest absolute Gasteiger partial charge is 0.303 e. The maximum absolute atomic E-state index is 14.7. The number of carboxylic acids is 1. The molecule has 1 aliphatic carbocycles. The lowest BCUT2D eigenvalue weighted by Gasteiger charge is -2.30. The molecule has 0 heterocycles. The third-order valence-corrected chi connectivity index (χ3v) is 5.63. The van der Waals surface area contributed by atoms with E-state index in [0.717, 1.165) is 33.6 Å². The first-order valence-corrected chi connectivity index (χ1v) is 10.2. The summed E-state index contributed by atoms with van der Waals surface area (Å²) >= 11 is 6.01. The van der Waals surface area contributed by atoms with Crippen molar-refractivity contribution in [2.75, 3.05) is 6.61 Å². The quantitative estimate of drug-likeness (QED) is 0.567. The van der Waals surface area contributed by atoms with E-state index in [9.17, 15) is 9.18 Å². The highest BCUT2D eigenvalue weighted by Gasteiger charge is 2.31. The molecule has 2 aromatic carbocycles. The first-order valence-electron chi connectivity index (χ1n) is 9.83. The average molecular weight is 417 g/mol. The van der Waals surface area contributed by atoms with Crippen molar-refractivity contribution in [2.24, 2.45) is 0 Å². The number of halogens is 2. The molecule has 29 heavy (non-hydrogen) atoms. The van der Waals surface area contributed by atoms with Gasteiger partial charge >= 0.3 is 5.97 Å². The first-order chi connectivity index (χ1) is 13.7. The molecule has 0 amide bonds. The number of carbonyl (C=O) groups is 1. The molecule has 3 nitrogen and oxygen atoms in total. The largest absolute Gasteiger partial charge is 0.489 e. The van der Waals surface area contributed by atoms with Gasteiger partial charge in [0, 0.05) is 17.9 Å². The summed E-state index contributed by atoms with van der Waals surface area (Å²) in [5, 5.41) is 9.49. The van der Waals surface area contributed by atoms with E-state index in [1.807, 2.05) is 49.4 Å². The second-order valence-corrected chi connectivity index (χ2v) is 8.40. The summed E-state index contributed by atoms with van der Waals surface area (Å²) in [7, 11) is 0. The van der Waals surface area contributed by atoms with Crippen molar-refractivity contribution >= 4 is 23.1 Å². The lowest BCUT2D eigenvalue weighted by Crippen LogP contribution is -2.25. The number of ether oxygens (including phenoxy) is 1. The fourth-order valence-corrected chi connectivity index (χ4v) is 3.83. The van der Waals surface area contributed by atoms with Gasteiger partial charge in [0.05, 0.1) is 0 Å². The van der Waals surface area contributed by atoms with E-state index in [2.05, 4.69) is 0 Å². The molecule has 1 atom stereocenters. The van der Waals surface area contributed by atoms with Gasteiger partial charge in [0.1, 0.15) is 18.0 Å². The van der Waals surface area contributed by atoms with Crippen molar-refractivity contribution in [2.45, 2.75) is 51.6 Å². The Balaban J connectivity index is 1.78. The van der Waals surface area contributed by atoms with E-state index in [4.69, 9.17) is 21.4 Å². The minimum absolute atomic E-state index is 0.110. The Morgan fingerprint density at radius 2 is 1.97 bits per heavy atom. The van der Waals surface area contributed by atoms with Crippen molar-refractivity contribution in [3.8, 4) is 5.75 Å². The van der Waals surface area contributed by atoms with Crippen molar-refractivity contribution in [1.82, 2.24) is 0 Å². The van der Waals surface area contributed by atoms with Gasteiger partial charge in [-0.1, -0.05) is 35.9 Å². The molecular formula is C24H26ClFO3. The van der Waals surface area contributed by atoms with Crippen molar-refractivity contribution in [3.05, 3.63) is 69.8 Å². The number of carboxylic acid groups (broad SMARTS) is 1. The second-order valence-electron chi connectivity index (χ2n) is 7.96. The summed E-state index contributed by atoms with van der Waals surface area (Å²) in [6.07, 6.45) is 2.10. The Bertz CT molecular complexity index is 916. The SMILES string of the molecule is Cc1cc(CCC(=O)O)ccc1OCC1=C(c2ccc(Cl)cc2)CC(C)(F)CC1. The Kier molecular flexibility index (Phi) is 6.63. The molecule has 2 aromatic rings. The summed E-state index contributed by atoms with van der Waals surface area (Å²) in [5.74, 6) is -0.0394. The monoisotopic (exact) mass is 416 g/mol. The van der Waals surface area contributed by atoms with E-state index >= 15 is 0 Å². The van der Waals surface area contributed by atoms with E-state index in [1.165, 1.54) is 0 Å². The highest BCUT2D eigenvalue weighted by atomic mass is 35.5. The zero-order valence-electron chi connectivity index (χ0n) is 16.8. The highest BCUT2D eigenvalue weighted by Crippen LogP contribution is 2.40. The topological polar surface area (TPSA) is 46.5 Å². The van der Waals surface area contributed by atoms with Crippen LogP contribution in [0.15, 0.2) is 48.0 Å². The van der Waals surface area contributed by atoms with Gasteiger partial charge in [-0.2, -0.15) is 0 Å². The van der Waals surface area contributed by atoms with E-state index in [1.54, 1.807) is 6.92 Å². The predicted molar refractivity (Wildman–Crippen MR) is 114 cm³/mol. The lowest BCUT2D eigenvalue weighted by atomic mass is 9.80. The fourth-order valence-electron chi connectivity index (χ4n) is 3.71. The number of benzene rings is 2. The van der Waals surface area contributed by atoms with Gasteiger partial charge in [0.25, 0.3) is 0 Å². The maximum atomic E-state index is 14.7. The molecular weight excluding hydrogens is 391 g/mol. The van der Waals surface area contributed by atoms with Gasteiger partial charge in [-0.25, -0.2) is 4.39 Å². The van der Waals surface area contributed by atoms with E-state index in [-0.39, 0.29) is 6.42 Å². The zero-order chi connectivity index (χ0) is 21.0. The summed E-state index contributed by atoms with van der Waals surface area (Å²) in [4.78, 5) is 10.8. The minimum Gasteiger partial charge on any atom is -0.489 e. The van der Waals surface area contributed by atoms with Crippen LogP contribution in [0.2, 0.25) is 5.02 Å². The van der Waals surface area contributed by atoms with E-state index in [0.29, 0.717) is 37.3 Å². The van der Waals surface area contributed by atoms with Crippen LogP contribution in [0.25, 0.3) is 5.57 Å². The lowest BCUT2D eigenvalue weighted by molar-refractivity contribution is -0.136. The number of alkyl halides is 1. The Labute approximate surface area is 176 Å². The predicted octanol–water partition coefficient (Wildman–Crippen LogP) is 6.41. The van der Waals surface area contributed by atoms with Crippen LogP contribution in [0.3, 0.4) is 0 Å². The van der Waals surface area contributed by atoms with Crippen LogP contribution in [-0.4, -0.2) is 23.4 Å². The molecule has 0 spiro atoms. The third kappa shape index (κ3) is 5.83. The third-order valence-electron chi connectivity index (χ3n) is 5.38. The standard InChI is InChI=1S/C24H26ClFO3/c1-16-13-17(4-10-23(27)28)3-9-22(16)29-15-19-11-12-24(2,26)14-21(19)18-5-7-20(25)8-6-18/h3,5-9,13H,4,10-12,14-15H2,1-2H3,(H,27,28). The van der Waals surface area contributed by atoms with Crippen LogP contribution in [0.1, 0.15) is 49.3 Å². The molecule has 3 rings (SSSR count). The molecule has 154 valence electrons. The summed E-state index contributed by atoms with van der Waals surface area (Å²) < 4.78 is 20.8. The summed E-state index contributed by atoms with van der Waals surface area (Å²) in [6.45, 7) is 4.01. The number of aliphatic carboxylic acids is 1. The normalized spacial score (nSPS) is 19.3. The Morgan fingerprint density at radius 3 is 2.62 bits per heavy atom. The molecule has 0 saturated carbocycles. The summed E-state index contributed by atoms with van der Waals surface area (Å²) in [5.41, 5.74) is 3.81. The van der Waals surface area contributed by atoms with Gasteiger partial charge in [-0.05, 0) is 79.1 Å². The highest BCUT2D eigenvalue weighted by molar-refractivity contribution is 6.30. The van der Waals surface area contributed by atoms with Crippen molar-refractivity contribution < 1.29 is 19.0 Å². The van der Waals surface area contributed by atoms with Crippen LogP contribution < -0.4 is 4.74 Å². The minimum atomic E-state index is -1.22. The number of aryl methyl sites for hydroxylation is 2. The average Bonchev–Trinajstić information content (AvgIpc) is 2.66. The van der Waals surface area contributed by atoms with Gasteiger partial charge < -0.3 is 9.84 Å². The van der Waals surface area contributed by atoms with E-state index < -0.39 is 11.6 Å². The number of allylic oxidation sites excluding steroid dienone is 1. The fraction of sp³-hybridized carbons (Fsp3) is 0.375. The number of hydrogen-bond acceptors (Lipinski definition) is 2. The van der Waals surface area contributed by atoms with Crippen LogP contribution >= 0.6 is 11.6 Å². The molecule has 1 N–H and O–H groups in total. The molecule has 1 unspecified atom stereocenters. The molecule has 0 aromatic heterocycles. The van der Waals surface area contributed by atoms with Crippen LogP contribution in [0, 0.1) is 6.92 Å². The first kappa shape index (κ1) is 21.4. The summed E-state index contributed by atoms with van der Waals surface area (Å²) in [6, 6.07) is 13.3. The van der Waals surface area contributed by atoms with Crippen LogP contribution in [-0.2, 0) is 11.2 Å². The number of rotatable bonds is 7. The van der Waals surface area contributed by atoms with Crippen LogP contribution in [0.5, 0.6) is 5.75 Å². The van der Waals surface area contributed by atoms with Crippen molar-refractivity contribution in [3.63, 3.8) is 0 Å². The molecule has 0 bridgehead atoms. The van der Waals surface area contributed by atoms with Gasteiger partial charge in [-0.3, -0.25) is 4.79 Å². The molecule has 0 radical (unpaired) electrons. The zero-order valence-corrected chi connectivity index (χ0v) is 17.6. The molecule has 5 heteroatoms. The number of hydrogen-bond donors (Lipinski definition) is 1. The molecule has 0 saturated heterocycles. The van der Waals surface area contributed by atoms with Gasteiger partial charge in [0.15, 0.2) is 0 Å². The molecule has 0 aliphatic heterocycles. The second kappa shape index (κ2) is 9.00. The Morgan fingerprint density at radius 1 is 1.24 bits per heavy atom. The molecule has 0 fully saturated rings. The Hall–Kier alpha value is -2.33.